The summed E-state index contributed by atoms with van der Waals surface area (Å²) in [7, 11) is 1.21. The van der Waals surface area contributed by atoms with E-state index in [1.807, 2.05) is 0 Å². The largest absolute Gasteiger partial charge is 0.504 e. The molecule has 0 saturated heterocycles. The number of phenolic OH excluding ortho intramolecular Hbond substituents is 1. The standard InChI is InChI=1S/C9H9F3O3/c1-15-7-4-5(2-3-6(7)13)8(14)9(10,11)12/h2-4,8,13-14H,1H3/t8-/m0/s1. The number of rotatable bonds is 2. The highest BCUT2D eigenvalue weighted by Gasteiger charge is 2.39. The predicted octanol–water partition coefficient (Wildman–Crippen LogP) is 2.00. The number of alkyl halides is 3. The van der Waals surface area contributed by atoms with E-state index in [-0.39, 0.29) is 17.1 Å². The maximum Gasteiger partial charge on any atom is 0.418 e. The van der Waals surface area contributed by atoms with E-state index in [1.54, 1.807) is 0 Å². The first-order valence-electron chi connectivity index (χ1n) is 3.98. The second-order valence-electron chi connectivity index (χ2n) is 2.88. The van der Waals surface area contributed by atoms with Gasteiger partial charge in [0.1, 0.15) is 0 Å². The number of aliphatic hydroxyl groups excluding tert-OH is 1. The Hall–Kier alpha value is -1.43. The number of phenols is 1. The van der Waals surface area contributed by atoms with Crippen LogP contribution < -0.4 is 4.74 Å². The third kappa shape index (κ3) is 2.53. The van der Waals surface area contributed by atoms with E-state index in [4.69, 9.17) is 10.2 Å². The number of aromatic hydroxyl groups is 1. The highest BCUT2D eigenvalue weighted by molar-refractivity contribution is 5.42. The van der Waals surface area contributed by atoms with Crippen LogP contribution in [-0.2, 0) is 0 Å². The van der Waals surface area contributed by atoms with Crippen LogP contribution in [0.1, 0.15) is 11.7 Å². The van der Waals surface area contributed by atoms with Crippen molar-refractivity contribution in [3.8, 4) is 11.5 Å². The van der Waals surface area contributed by atoms with Gasteiger partial charge in [0.25, 0.3) is 0 Å². The van der Waals surface area contributed by atoms with E-state index in [0.29, 0.717) is 0 Å². The molecule has 84 valence electrons. The highest BCUT2D eigenvalue weighted by atomic mass is 19.4. The normalized spacial score (nSPS) is 13.7. The van der Waals surface area contributed by atoms with E-state index >= 15 is 0 Å². The van der Waals surface area contributed by atoms with Gasteiger partial charge in [0.05, 0.1) is 7.11 Å². The van der Waals surface area contributed by atoms with Crippen molar-refractivity contribution in [1.82, 2.24) is 0 Å². The molecule has 0 aliphatic carbocycles. The highest BCUT2D eigenvalue weighted by Crippen LogP contribution is 2.36. The Kier molecular flexibility index (Phi) is 3.09. The molecule has 3 nitrogen and oxygen atoms in total. The lowest BCUT2D eigenvalue weighted by Gasteiger charge is -2.15. The van der Waals surface area contributed by atoms with Crippen molar-refractivity contribution in [1.29, 1.82) is 0 Å². The molecule has 0 unspecified atom stereocenters. The molecule has 0 amide bonds. The number of aliphatic hydroxyl groups is 1. The van der Waals surface area contributed by atoms with E-state index in [1.165, 1.54) is 7.11 Å². The van der Waals surface area contributed by atoms with Gasteiger partial charge in [-0.15, -0.1) is 0 Å². The number of ether oxygens (including phenoxy) is 1. The van der Waals surface area contributed by atoms with Crippen molar-refractivity contribution in [3.05, 3.63) is 23.8 Å². The van der Waals surface area contributed by atoms with Crippen LogP contribution in [0.4, 0.5) is 13.2 Å². The first-order chi connectivity index (χ1) is 6.86. The summed E-state index contributed by atoms with van der Waals surface area (Å²) in [6, 6.07) is 2.95. The van der Waals surface area contributed by atoms with Crippen LogP contribution in [0.2, 0.25) is 0 Å². The zero-order valence-electron chi connectivity index (χ0n) is 7.75. The fourth-order valence-electron chi connectivity index (χ4n) is 1.05. The molecule has 1 atom stereocenters. The van der Waals surface area contributed by atoms with Crippen LogP contribution >= 0.6 is 0 Å². The lowest BCUT2D eigenvalue weighted by molar-refractivity contribution is -0.206. The van der Waals surface area contributed by atoms with Crippen molar-refractivity contribution in [3.63, 3.8) is 0 Å². The molecule has 2 N–H and O–H groups in total. The van der Waals surface area contributed by atoms with E-state index in [2.05, 4.69) is 4.74 Å². The number of methoxy groups -OCH3 is 1. The Morgan fingerprint density at radius 1 is 1.33 bits per heavy atom. The summed E-state index contributed by atoms with van der Waals surface area (Å²) in [6.45, 7) is 0. The molecule has 0 fully saturated rings. The van der Waals surface area contributed by atoms with Crippen molar-refractivity contribution >= 4 is 0 Å². The number of halogens is 3. The molecule has 1 rings (SSSR count). The monoisotopic (exact) mass is 222 g/mol. The van der Waals surface area contributed by atoms with Crippen LogP contribution in [0, 0.1) is 0 Å². The molecule has 0 aliphatic heterocycles. The molecular weight excluding hydrogens is 213 g/mol. The van der Waals surface area contributed by atoms with E-state index < -0.39 is 12.3 Å². The smallest absolute Gasteiger partial charge is 0.418 e. The molecule has 0 spiro atoms. The molecule has 15 heavy (non-hydrogen) atoms. The molecule has 1 aromatic carbocycles. The lowest BCUT2D eigenvalue weighted by atomic mass is 10.1. The number of hydrogen-bond donors (Lipinski definition) is 2. The van der Waals surface area contributed by atoms with Gasteiger partial charge >= 0.3 is 6.18 Å². The summed E-state index contributed by atoms with van der Waals surface area (Å²) < 4.78 is 41.0. The zero-order valence-corrected chi connectivity index (χ0v) is 7.75. The van der Waals surface area contributed by atoms with E-state index in [0.717, 1.165) is 18.2 Å². The maximum absolute atomic E-state index is 12.1. The minimum Gasteiger partial charge on any atom is -0.504 e. The Morgan fingerprint density at radius 2 is 1.93 bits per heavy atom. The molecule has 1 aromatic rings. The van der Waals surface area contributed by atoms with Gasteiger partial charge in [-0.25, -0.2) is 0 Å². The van der Waals surface area contributed by atoms with E-state index in [9.17, 15) is 13.2 Å². The molecular formula is C9H9F3O3. The molecule has 0 saturated carbocycles. The first-order valence-corrected chi connectivity index (χ1v) is 3.98. The van der Waals surface area contributed by atoms with Gasteiger partial charge in [-0.3, -0.25) is 0 Å². The van der Waals surface area contributed by atoms with Crippen molar-refractivity contribution < 1.29 is 28.1 Å². The second-order valence-corrected chi connectivity index (χ2v) is 2.88. The Bertz CT molecular complexity index is 349. The topological polar surface area (TPSA) is 49.7 Å². The minimum absolute atomic E-state index is 0.115. The quantitative estimate of drug-likeness (QED) is 0.804. The van der Waals surface area contributed by atoms with Gasteiger partial charge in [0.2, 0.25) is 0 Å². The molecule has 0 heterocycles. The third-order valence-corrected chi connectivity index (χ3v) is 1.83. The van der Waals surface area contributed by atoms with Crippen LogP contribution in [0.25, 0.3) is 0 Å². The molecule has 0 aromatic heterocycles. The SMILES string of the molecule is COc1cc([C@H](O)C(F)(F)F)ccc1O. The summed E-state index contributed by atoms with van der Waals surface area (Å²) in [5, 5.41) is 18.0. The van der Waals surface area contributed by atoms with Crippen LogP contribution in [0.15, 0.2) is 18.2 Å². The predicted molar refractivity (Wildman–Crippen MR) is 45.7 cm³/mol. The number of hydrogen-bond acceptors (Lipinski definition) is 3. The second kappa shape index (κ2) is 3.98. The average molecular weight is 222 g/mol. The Labute approximate surface area is 83.7 Å². The summed E-state index contributed by atoms with van der Waals surface area (Å²) in [6.07, 6.45) is -7.31. The van der Waals surface area contributed by atoms with Crippen molar-refractivity contribution in [2.45, 2.75) is 12.3 Å². The van der Waals surface area contributed by atoms with Gasteiger partial charge in [0, 0.05) is 0 Å². The van der Waals surface area contributed by atoms with Gasteiger partial charge in [-0.2, -0.15) is 13.2 Å². The first kappa shape index (κ1) is 11.6. The summed E-state index contributed by atoms with van der Waals surface area (Å²) in [4.78, 5) is 0. The fourth-order valence-corrected chi connectivity index (χ4v) is 1.05. The van der Waals surface area contributed by atoms with Crippen molar-refractivity contribution in [2.24, 2.45) is 0 Å². The van der Waals surface area contributed by atoms with Crippen LogP contribution in [-0.4, -0.2) is 23.5 Å². The number of benzene rings is 1. The average Bonchev–Trinajstić information content (AvgIpc) is 2.16. The van der Waals surface area contributed by atoms with Gasteiger partial charge in [0.15, 0.2) is 17.6 Å². The summed E-state index contributed by atoms with van der Waals surface area (Å²) in [5.41, 5.74) is -0.378. The van der Waals surface area contributed by atoms with Gasteiger partial charge in [-0.1, -0.05) is 6.07 Å². The van der Waals surface area contributed by atoms with Crippen LogP contribution in [0.3, 0.4) is 0 Å². The Balaban J connectivity index is 3.06. The van der Waals surface area contributed by atoms with Gasteiger partial charge < -0.3 is 14.9 Å². The van der Waals surface area contributed by atoms with Gasteiger partial charge in [-0.05, 0) is 17.7 Å². The minimum atomic E-state index is -4.73. The summed E-state index contributed by atoms with van der Waals surface area (Å²) >= 11 is 0. The molecule has 0 bridgehead atoms. The van der Waals surface area contributed by atoms with Crippen molar-refractivity contribution in [2.75, 3.05) is 7.11 Å². The molecule has 6 heteroatoms. The van der Waals surface area contributed by atoms with Crippen LogP contribution in [0.5, 0.6) is 11.5 Å². The molecule has 0 aliphatic rings. The lowest BCUT2D eigenvalue weighted by Crippen LogP contribution is -2.20. The summed E-state index contributed by atoms with van der Waals surface area (Å²) in [5.74, 6) is -0.397. The zero-order chi connectivity index (χ0) is 11.6. The third-order valence-electron chi connectivity index (χ3n) is 1.83. The molecule has 0 radical (unpaired) electrons. The maximum atomic E-state index is 12.1. The Morgan fingerprint density at radius 3 is 2.40 bits per heavy atom. The fraction of sp³-hybridized carbons (Fsp3) is 0.333.